The first-order valence-electron chi connectivity index (χ1n) is 16.8. The first kappa shape index (κ1) is 34.9. The van der Waals surface area contributed by atoms with Crippen molar-refractivity contribution < 1.29 is 31.9 Å². The third-order valence-corrected chi connectivity index (χ3v) is 10.8. The van der Waals surface area contributed by atoms with Crippen molar-refractivity contribution in [2.75, 3.05) is 45.8 Å². The van der Waals surface area contributed by atoms with Crippen LogP contribution < -0.4 is 0 Å². The summed E-state index contributed by atoms with van der Waals surface area (Å²) in [5.41, 5.74) is 3.10. The molecular weight excluding hydrogens is 614 g/mol. The quantitative estimate of drug-likeness (QED) is 0.300. The topological polar surface area (TPSA) is 86.7 Å². The number of likely N-dealkylation sites (tertiary alicyclic amines) is 3. The van der Waals surface area contributed by atoms with Gasteiger partial charge in [0.05, 0.1) is 17.0 Å². The van der Waals surface area contributed by atoms with Gasteiger partial charge in [0.15, 0.2) is 0 Å². The SMILES string of the molecule is Cc1ncnc(C)c1C(=O)N1CC2CN(CCC3(c4cccc(F)c4)CCN(C(=O)C4CCCCC4)CC3)CC2C1.O=CC(F)(F)F. The average molecular weight is 660 g/mol. The summed E-state index contributed by atoms with van der Waals surface area (Å²) in [5, 5.41) is 0. The van der Waals surface area contributed by atoms with E-state index in [1.165, 1.54) is 31.7 Å². The van der Waals surface area contributed by atoms with Crippen LogP contribution in [0.1, 0.15) is 78.7 Å². The maximum atomic E-state index is 14.4. The lowest BCUT2D eigenvalue weighted by Gasteiger charge is -2.44. The number of rotatable bonds is 6. The van der Waals surface area contributed by atoms with Crippen molar-refractivity contribution in [3.63, 3.8) is 0 Å². The number of aromatic nitrogens is 2. The highest BCUT2D eigenvalue weighted by atomic mass is 19.4. The zero-order valence-corrected chi connectivity index (χ0v) is 27.3. The fourth-order valence-corrected chi connectivity index (χ4v) is 8.14. The fourth-order valence-electron chi connectivity index (χ4n) is 8.14. The Morgan fingerprint density at radius 2 is 1.53 bits per heavy atom. The van der Waals surface area contributed by atoms with Gasteiger partial charge in [-0.1, -0.05) is 31.4 Å². The Morgan fingerprint density at radius 3 is 2.09 bits per heavy atom. The zero-order valence-electron chi connectivity index (χ0n) is 27.3. The van der Waals surface area contributed by atoms with E-state index in [0.717, 1.165) is 94.9 Å². The Morgan fingerprint density at radius 1 is 0.936 bits per heavy atom. The predicted octanol–water partition coefficient (Wildman–Crippen LogP) is 5.51. The molecule has 2 atom stereocenters. The second-order valence-corrected chi connectivity index (χ2v) is 13.8. The van der Waals surface area contributed by atoms with Crippen molar-refractivity contribution in [3.05, 3.63) is 58.9 Å². The van der Waals surface area contributed by atoms with Crippen molar-refractivity contribution in [2.24, 2.45) is 17.8 Å². The number of halogens is 4. The molecule has 0 radical (unpaired) electrons. The highest BCUT2D eigenvalue weighted by Gasteiger charge is 2.44. The highest BCUT2D eigenvalue weighted by Crippen LogP contribution is 2.41. The van der Waals surface area contributed by atoms with Crippen LogP contribution in [0, 0.1) is 37.4 Å². The van der Waals surface area contributed by atoms with Gasteiger partial charge in [0, 0.05) is 45.2 Å². The van der Waals surface area contributed by atoms with E-state index < -0.39 is 12.5 Å². The number of fused-ring (bicyclic) bond motifs is 1. The summed E-state index contributed by atoms with van der Waals surface area (Å²) in [7, 11) is 0. The lowest BCUT2D eigenvalue weighted by atomic mass is 9.70. The van der Waals surface area contributed by atoms with E-state index in [1.807, 2.05) is 24.8 Å². The molecule has 256 valence electrons. The average Bonchev–Trinajstić information content (AvgIpc) is 3.63. The maximum absolute atomic E-state index is 14.4. The largest absolute Gasteiger partial charge is 0.446 e. The Kier molecular flexibility index (Phi) is 11.0. The van der Waals surface area contributed by atoms with E-state index in [-0.39, 0.29) is 23.1 Å². The molecule has 1 saturated carbocycles. The third-order valence-electron chi connectivity index (χ3n) is 10.8. The first-order valence-corrected chi connectivity index (χ1v) is 16.8. The van der Waals surface area contributed by atoms with Gasteiger partial charge in [-0.15, -0.1) is 0 Å². The minimum absolute atomic E-state index is 0.0566. The normalized spacial score (nSPS) is 23.2. The number of amides is 2. The van der Waals surface area contributed by atoms with Gasteiger partial charge < -0.3 is 14.7 Å². The van der Waals surface area contributed by atoms with Gasteiger partial charge in [0.1, 0.15) is 12.1 Å². The van der Waals surface area contributed by atoms with Crippen LogP contribution in [0.15, 0.2) is 30.6 Å². The Labute approximate surface area is 273 Å². The third kappa shape index (κ3) is 8.36. The van der Waals surface area contributed by atoms with Gasteiger partial charge >= 0.3 is 6.18 Å². The molecule has 2 amide bonds. The van der Waals surface area contributed by atoms with Crippen LogP contribution in [0.2, 0.25) is 0 Å². The van der Waals surface area contributed by atoms with Crippen molar-refractivity contribution >= 4 is 18.1 Å². The van der Waals surface area contributed by atoms with E-state index in [9.17, 15) is 27.2 Å². The van der Waals surface area contributed by atoms with Gasteiger partial charge in [-0.25, -0.2) is 14.4 Å². The molecule has 2 aromatic rings. The molecule has 3 saturated heterocycles. The maximum Gasteiger partial charge on any atom is 0.446 e. The molecule has 1 aromatic carbocycles. The Balaban J connectivity index is 0.000000662. The lowest BCUT2D eigenvalue weighted by molar-refractivity contribution is -0.156. The summed E-state index contributed by atoms with van der Waals surface area (Å²) in [5.74, 6) is 1.37. The number of carbonyl (C=O) groups is 3. The number of nitrogens with zero attached hydrogens (tertiary/aromatic N) is 5. The summed E-state index contributed by atoms with van der Waals surface area (Å²) >= 11 is 0. The van der Waals surface area contributed by atoms with E-state index in [0.29, 0.717) is 23.3 Å². The molecule has 12 heteroatoms. The van der Waals surface area contributed by atoms with Gasteiger partial charge in [0.2, 0.25) is 12.2 Å². The number of hydrogen-bond donors (Lipinski definition) is 0. The molecule has 0 N–H and O–H groups in total. The number of piperidine rings is 1. The number of hydrogen-bond acceptors (Lipinski definition) is 6. The van der Waals surface area contributed by atoms with Crippen molar-refractivity contribution in [2.45, 2.75) is 76.8 Å². The van der Waals surface area contributed by atoms with Crippen LogP contribution in [0.4, 0.5) is 17.6 Å². The summed E-state index contributed by atoms with van der Waals surface area (Å²) in [6, 6.07) is 7.16. The minimum atomic E-state index is -4.64. The fraction of sp³-hybridized carbons (Fsp3) is 0.629. The molecule has 2 unspecified atom stereocenters. The molecule has 4 heterocycles. The molecule has 3 aliphatic heterocycles. The number of alkyl halides is 3. The van der Waals surface area contributed by atoms with Crippen LogP contribution in [-0.4, -0.2) is 94.8 Å². The summed E-state index contributed by atoms with van der Waals surface area (Å²) in [6.45, 7) is 9.77. The van der Waals surface area contributed by atoms with E-state index >= 15 is 0 Å². The van der Waals surface area contributed by atoms with Crippen LogP contribution in [0.5, 0.6) is 0 Å². The summed E-state index contributed by atoms with van der Waals surface area (Å²) in [4.78, 5) is 50.4. The van der Waals surface area contributed by atoms with E-state index in [1.54, 1.807) is 6.07 Å². The number of aryl methyl sites for hydroxylation is 2. The van der Waals surface area contributed by atoms with Gasteiger partial charge in [0.25, 0.3) is 5.91 Å². The molecule has 6 rings (SSSR count). The minimum Gasteiger partial charge on any atom is -0.342 e. The van der Waals surface area contributed by atoms with Crippen LogP contribution >= 0.6 is 0 Å². The number of carbonyl (C=O) groups excluding carboxylic acids is 3. The Bertz CT molecular complexity index is 1390. The highest BCUT2D eigenvalue weighted by molar-refractivity contribution is 5.96. The second-order valence-electron chi connectivity index (χ2n) is 13.8. The number of benzene rings is 1. The van der Waals surface area contributed by atoms with E-state index in [4.69, 9.17) is 4.79 Å². The predicted molar refractivity (Wildman–Crippen MR) is 168 cm³/mol. The standard InChI is InChI=1S/C33H44FN5O2.C2HF3O/c1-23-30(24(2)36-22-35-23)32(41)39-20-26-18-37(19-27(26)21-39)14-11-33(28-9-6-10-29(34)17-28)12-15-38(16-13-33)31(40)25-7-4-3-5-8-25;3-2(4,5)1-6/h6,9-10,17,22,25-27H,3-5,7-8,11-16,18-21H2,1-2H3;1H. The second kappa shape index (κ2) is 14.8. The van der Waals surface area contributed by atoms with Crippen molar-refractivity contribution in [1.29, 1.82) is 0 Å². The molecule has 4 fully saturated rings. The molecule has 4 aliphatic rings. The molecular formula is C35H45F4N5O3. The van der Waals surface area contributed by atoms with Crippen LogP contribution in [0.3, 0.4) is 0 Å². The lowest BCUT2D eigenvalue weighted by Crippen LogP contribution is -2.48. The van der Waals surface area contributed by atoms with Crippen molar-refractivity contribution in [3.8, 4) is 0 Å². The molecule has 8 nitrogen and oxygen atoms in total. The molecule has 47 heavy (non-hydrogen) atoms. The first-order chi connectivity index (χ1) is 22.4. The molecule has 1 aromatic heterocycles. The zero-order chi connectivity index (χ0) is 33.8. The molecule has 0 bridgehead atoms. The summed E-state index contributed by atoms with van der Waals surface area (Å²) < 4.78 is 45.6. The summed E-state index contributed by atoms with van der Waals surface area (Å²) in [6.07, 6.45) is 4.20. The molecule has 1 aliphatic carbocycles. The smallest absolute Gasteiger partial charge is 0.342 e. The van der Waals surface area contributed by atoms with Crippen molar-refractivity contribution in [1.82, 2.24) is 24.7 Å². The molecule has 0 spiro atoms. The van der Waals surface area contributed by atoms with Gasteiger partial charge in [-0.3, -0.25) is 14.4 Å². The monoisotopic (exact) mass is 659 g/mol. The Hall–Kier alpha value is -3.41. The van der Waals surface area contributed by atoms with Gasteiger partial charge in [-0.2, -0.15) is 13.2 Å². The van der Waals surface area contributed by atoms with Gasteiger partial charge in [-0.05, 0) is 87.4 Å². The number of aldehydes is 1. The van der Waals surface area contributed by atoms with Crippen LogP contribution in [-0.2, 0) is 15.0 Å². The van der Waals surface area contributed by atoms with E-state index in [2.05, 4.69) is 25.8 Å². The van der Waals surface area contributed by atoms with Crippen LogP contribution in [0.25, 0.3) is 0 Å².